The molecule has 0 radical (unpaired) electrons. The van der Waals surface area contributed by atoms with Crippen molar-refractivity contribution in [2.45, 2.75) is 57.9 Å². The van der Waals surface area contributed by atoms with Crippen LogP contribution in [0.2, 0.25) is 0 Å². The van der Waals surface area contributed by atoms with E-state index in [-0.39, 0.29) is 0 Å². The van der Waals surface area contributed by atoms with Gasteiger partial charge in [-0.3, -0.25) is 4.79 Å². The Kier molecular flexibility index (Phi) is 6.61. The number of hydrazine groups is 1. The van der Waals surface area contributed by atoms with Gasteiger partial charge in [-0.15, -0.1) is 0 Å². The van der Waals surface area contributed by atoms with Gasteiger partial charge in [-0.2, -0.15) is 0 Å². The first-order chi connectivity index (χ1) is 15.1. The molecule has 0 saturated heterocycles. The van der Waals surface area contributed by atoms with Crippen LogP contribution < -0.4 is 10.2 Å². The summed E-state index contributed by atoms with van der Waals surface area (Å²) in [6, 6.07) is 7.19. The zero-order valence-corrected chi connectivity index (χ0v) is 18.3. The minimum Gasteiger partial charge on any atom is -0.494 e. The van der Waals surface area contributed by atoms with Gasteiger partial charge < -0.3 is 14.6 Å². The Bertz CT molecular complexity index is 898. The number of hydrogen-bond donors (Lipinski definition) is 2. The Balaban J connectivity index is 1.71. The summed E-state index contributed by atoms with van der Waals surface area (Å²) in [6.45, 7) is 2.85. The van der Waals surface area contributed by atoms with Crippen molar-refractivity contribution in [2.24, 2.45) is 10.9 Å². The standard InChI is InChI=1S/C24H31N3O4/c1-3-4-14-31-18-12-10-17(11-13-18)22-21(16-8-6-5-7-9-16)23(30-2)27-20(25-22)15-19(26-27)24(28)29/h10-13,15-16,19,26H,3-9,14H2,1-2H3,(H,28,29). The number of nitrogens with zero attached hydrogens (tertiary/aromatic N) is 2. The number of allylic oxidation sites excluding steroid dienone is 1. The molecule has 7 nitrogen and oxygen atoms in total. The summed E-state index contributed by atoms with van der Waals surface area (Å²) in [5, 5.41) is 11.2. The van der Waals surface area contributed by atoms with E-state index >= 15 is 0 Å². The number of fused-ring (bicyclic) bond motifs is 1. The van der Waals surface area contributed by atoms with Gasteiger partial charge >= 0.3 is 5.97 Å². The molecule has 0 amide bonds. The molecule has 1 aromatic carbocycles. The SMILES string of the molecule is CCCCOc1ccc(C2=NC3=CC(C(=O)O)NN3C(OC)=C2C2CCCCC2)cc1. The van der Waals surface area contributed by atoms with E-state index in [1.54, 1.807) is 18.2 Å². The Morgan fingerprint density at radius 2 is 1.97 bits per heavy atom. The van der Waals surface area contributed by atoms with Gasteiger partial charge in [0.15, 0.2) is 0 Å². The van der Waals surface area contributed by atoms with E-state index < -0.39 is 12.0 Å². The largest absolute Gasteiger partial charge is 0.494 e. The van der Waals surface area contributed by atoms with Gasteiger partial charge in [-0.1, -0.05) is 32.6 Å². The van der Waals surface area contributed by atoms with Crippen molar-refractivity contribution >= 4 is 11.7 Å². The molecule has 4 rings (SSSR count). The fourth-order valence-corrected chi connectivity index (χ4v) is 4.46. The highest BCUT2D eigenvalue weighted by molar-refractivity contribution is 6.14. The fraction of sp³-hybridized carbons (Fsp3) is 0.500. The lowest BCUT2D eigenvalue weighted by Gasteiger charge is -2.34. The molecule has 1 aliphatic carbocycles. The first-order valence-corrected chi connectivity index (χ1v) is 11.2. The number of carbonyl (C=O) groups is 1. The summed E-state index contributed by atoms with van der Waals surface area (Å²) < 4.78 is 11.7. The number of unbranched alkanes of at least 4 members (excludes halogenated alkanes) is 1. The topological polar surface area (TPSA) is 83.4 Å². The first-order valence-electron chi connectivity index (χ1n) is 11.2. The predicted octanol–water partition coefficient (Wildman–Crippen LogP) is 4.22. The maximum Gasteiger partial charge on any atom is 0.326 e. The van der Waals surface area contributed by atoms with Gasteiger partial charge in [-0.25, -0.2) is 15.4 Å². The van der Waals surface area contributed by atoms with E-state index in [1.165, 1.54) is 19.3 Å². The Labute approximate surface area is 183 Å². The summed E-state index contributed by atoms with van der Waals surface area (Å²) in [5.74, 6) is 1.44. The molecule has 1 saturated carbocycles. The second-order valence-electron chi connectivity index (χ2n) is 8.25. The van der Waals surface area contributed by atoms with Crippen molar-refractivity contribution < 1.29 is 19.4 Å². The molecule has 2 aliphatic heterocycles. The molecule has 0 spiro atoms. The molecule has 2 N–H and O–H groups in total. The Hall–Kier alpha value is -2.80. The highest BCUT2D eigenvalue weighted by Gasteiger charge is 2.39. The summed E-state index contributed by atoms with van der Waals surface area (Å²) in [5.41, 5.74) is 5.90. The van der Waals surface area contributed by atoms with Gasteiger partial charge in [0.1, 0.15) is 17.6 Å². The van der Waals surface area contributed by atoms with E-state index in [2.05, 4.69) is 12.3 Å². The highest BCUT2D eigenvalue weighted by atomic mass is 16.5. The van der Waals surface area contributed by atoms with E-state index in [1.807, 2.05) is 24.3 Å². The van der Waals surface area contributed by atoms with Gasteiger partial charge in [0.05, 0.1) is 19.4 Å². The van der Waals surface area contributed by atoms with Crippen molar-refractivity contribution in [3.8, 4) is 5.75 Å². The molecule has 1 fully saturated rings. The molecule has 1 unspecified atom stereocenters. The second-order valence-corrected chi connectivity index (χ2v) is 8.25. The zero-order chi connectivity index (χ0) is 21.8. The van der Waals surface area contributed by atoms with Crippen LogP contribution in [0.25, 0.3) is 0 Å². The summed E-state index contributed by atoms with van der Waals surface area (Å²) >= 11 is 0. The molecule has 2 heterocycles. The van der Waals surface area contributed by atoms with Gasteiger partial charge in [0.25, 0.3) is 0 Å². The van der Waals surface area contributed by atoms with Crippen LogP contribution in [0.1, 0.15) is 57.4 Å². The molecule has 1 atom stereocenters. The fourth-order valence-electron chi connectivity index (χ4n) is 4.46. The van der Waals surface area contributed by atoms with Crippen LogP contribution >= 0.6 is 0 Å². The number of benzene rings is 1. The van der Waals surface area contributed by atoms with Gasteiger partial charge in [-0.05, 0) is 55.5 Å². The first kappa shape index (κ1) is 21.4. The van der Waals surface area contributed by atoms with E-state index in [9.17, 15) is 9.90 Å². The minimum atomic E-state index is -0.943. The van der Waals surface area contributed by atoms with Crippen molar-refractivity contribution in [3.63, 3.8) is 0 Å². The van der Waals surface area contributed by atoms with Crippen LogP contribution in [0.5, 0.6) is 5.75 Å². The maximum atomic E-state index is 11.6. The van der Waals surface area contributed by atoms with E-state index in [0.717, 1.165) is 48.3 Å². The lowest BCUT2D eigenvalue weighted by molar-refractivity contribution is -0.138. The predicted molar refractivity (Wildman–Crippen MR) is 118 cm³/mol. The van der Waals surface area contributed by atoms with Crippen LogP contribution in [0, 0.1) is 5.92 Å². The van der Waals surface area contributed by atoms with Crippen LogP contribution in [0.4, 0.5) is 0 Å². The highest BCUT2D eigenvalue weighted by Crippen LogP contribution is 2.39. The average molecular weight is 426 g/mol. The number of hydrogen-bond acceptors (Lipinski definition) is 6. The quantitative estimate of drug-likeness (QED) is 0.607. The Morgan fingerprint density at radius 3 is 2.61 bits per heavy atom. The zero-order valence-electron chi connectivity index (χ0n) is 18.3. The summed E-state index contributed by atoms with van der Waals surface area (Å²) in [7, 11) is 1.64. The van der Waals surface area contributed by atoms with Crippen LogP contribution in [0.3, 0.4) is 0 Å². The van der Waals surface area contributed by atoms with E-state index in [4.69, 9.17) is 14.5 Å². The smallest absolute Gasteiger partial charge is 0.326 e. The number of aliphatic imine (C=N–C) groups is 1. The number of ether oxygens (including phenoxy) is 2. The van der Waals surface area contributed by atoms with Gasteiger partial charge in [0.2, 0.25) is 5.88 Å². The van der Waals surface area contributed by atoms with Gasteiger partial charge in [0, 0.05) is 11.1 Å². The third kappa shape index (κ3) is 4.46. The number of carboxylic acids is 1. The molecule has 0 bridgehead atoms. The molecule has 31 heavy (non-hydrogen) atoms. The number of nitrogens with one attached hydrogen (secondary N) is 1. The van der Waals surface area contributed by atoms with Crippen molar-refractivity contribution in [1.29, 1.82) is 0 Å². The second kappa shape index (κ2) is 9.56. The normalized spacial score (nSPS) is 21.5. The van der Waals surface area contributed by atoms with Crippen LogP contribution in [-0.2, 0) is 9.53 Å². The molecular formula is C24H31N3O4. The number of carboxylic acid groups (broad SMARTS) is 1. The molecule has 0 aromatic heterocycles. The lowest BCUT2D eigenvalue weighted by atomic mass is 9.80. The summed E-state index contributed by atoms with van der Waals surface area (Å²) in [6.07, 6.45) is 9.51. The molecule has 3 aliphatic rings. The molecule has 7 heteroatoms. The number of rotatable bonds is 8. The minimum absolute atomic E-state index is 0.329. The summed E-state index contributed by atoms with van der Waals surface area (Å²) in [4.78, 5) is 16.5. The van der Waals surface area contributed by atoms with Crippen molar-refractivity contribution in [2.75, 3.05) is 13.7 Å². The molecular weight excluding hydrogens is 394 g/mol. The van der Waals surface area contributed by atoms with Crippen LogP contribution in [-0.4, -0.2) is 41.6 Å². The average Bonchev–Trinajstić information content (AvgIpc) is 3.23. The van der Waals surface area contributed by atoms with Crippen molar-refractivity contribution in [1.82, 2.24) is 10.4 Å². The van der Waals surface area contributed by atoms with E-state index in [0.29, 0.717) is 24.2 Å². The lowest BCUT2D eigenvalue weighted by Crippen LogP contribution is -2.43. The monoisotopic (exact) mass is 425 g/mol. The molecule has 1 aromatic rings. The maximum absolute atomic E-state index is 11.6. The van der Waals surface area contributed by atoms with Crippen LogP contribution in [0.15, 0.2) is 52.6 Å². The number of methoxy groups -OCH3 is 1. The third-order valence-electron chi connectivity index (χ3n) is 6.10. The van der Waals surface area contributed by atoms with Crippen molar-refractivity contribution in [3.05, 3.63) is 53.2 Å². The molecule has 166 valence electrons. The Morgan fingerprint density at radius 1 is 1.23 bits per heavy atom. The third-order valence-corrected chi connectivity index (χ3v) is 6.10. The number of aliphatic carboxylic acids is 1.